The van der Waals surface area contributed by atoms with E-state index in [4.69, 9.17) is 5.26 Å². The Hall–Kier alpha value is -2.30. The molecule has 0 bridgehead atoms. The van der Waals surface area contributed by atoms with E-state index in [1.54, 1.807) is 24.4 Å². The summed E-state index contributed by atoms with van der Waals surface area (Å²) in [5.41, 5.74) is 0.788. The first kappa shape index (κ1) is 13.1. The summed E-state index contributed by atoms with van der Waals surface area (Å²) in [4.78, 5) is 7.76. The third-order valence-electron chi connectivity index (χ3n) is 2.33. The minimum absolute atomic E-state index is 0.0161. The zero-order chi connectivity index (χ0) is 13.7. The number of rotatable bonds is 4. The van der Waals surface area contributed by atoms with E-state index in [1.807, 2.05) is 6.07 Å². The van der Waals surface area contributed by atoms with Crippen LogP contribution in [0.25, 0.3) is 0 Å². The van der Waals surface area contributed by atoms with Crippen LogP contribution in [0, 0.1) is 11.3 Å². The van der Waals surface area contributed by atoms with Crippen molar-refractivity contribution in [2.45, 2.75) is 11.4 Å². The lowest BCUT2D eigenvalue weighted by molar-refractivity contribution is 0.580. The molecule has 0 atom stereocenters. The van der Waals surface area contributed by atoms with E-state index < -0.39 is 10.0 Å². The minimum Gasteiger partial charge on any atom is -0.260 e. The molecule has 0 saturated carbocycles. The first-order chi connectivity index (χ1) is 9.12. The maximum absolute atomic E-state index is 11.9. The molecule has 7 heteroatoms. The summed E-state index contributed by atoms with van der Waals surface area (Å²) < 4.78 is 26.3. The number of nitrogens with zero attached hydrogens (tertiary/aromatic N) is 3. The van der Waals surface area contributed by atoms with Crippen LogP contribution in [0.5, 0.6) is 0 Å². The van der Waals surface area contributed by atoms with Gasteiger partial charge in [-0.05, 0) is 24.3 Å². The lowest BCUT2D eigenvalue weighted by Crippen LogP contribution is -2.23. The van der Waals surface area contributed by atoms with E-state index in [0.717, 1.165) is 6.20 Å². The van der Waals surface area contributed by atoms with Gasteiger partial charge in [0.05, 0.1) is 12.2 Å². The number of pyridine rings is 2. The van der Waals surface area contributed by atoms with Crippen LogP contribution in [0.2, 0.25) is 0 Å². The summed E-state index contributed by atoms with van der Waals surface area (Å²) >= 11 is 0. The van der Waals surface area contributed by atoms with Crippen LogP contribution in [0.15, 0.2) is 47.6 Å². The molecule has 0 fully saturated rings. The van der Waals surface area contributed by atoms with Crippen molar-refractivity contribution in [2.24, 2.45) is 0 Å². The van der Waals surface area contributed by atoms with E-state index in [-0.39, 0.29) is 17.1 Å². The van der Waals surface area contributed by atoms with Gasteiger partial charge in [0.2, 0.25) is 10.0 Å². The van der Waals surface area contributed by atoms with Crippen molar-refractivity contribution in [3.8, 4) is 6.07 Å². The zero-order valence-electron chi connectivity index (χ0n) is 9.81. The molecule has 0 aliphatic rings. The molecule has 0 radical (unpaired) electrons. The number of nitriles is 1. The first-order valence-corrected chi connectivity index (χ1v) is 6.86. The number of aromatic nitrogens is 2. The molecule has 2 aromatic heterocycles. The highest BCUT2D eigenvalue weighted by atomic mass is 32.2. The monoisotopic (exact) mass is 274 g/mol. The van der Waals surface area contributed by atoms with Crippen molar-refractivity contribution in [2.75, 3.05) is 0 Å². The second-order valence-corrected chi connectivity index (χ2v) is 5.40. The van der Waals surface area contributed by atoms with Gasteiger partial charge in [-0.15, -0.1) is 0 Å². The molecule has 0 spiro atoms. The fourth-order valence-electron chi connectivity index (χ4n) is 1.36. The SMILES string of the molecule is N#Cc1ccc(S(=O)(=O)NCc2ccccn2)cn1. The Morgan fingerprint density at radius 1 is 1.21 bits per heavy atom. The molecule has 0 aliphatic carbocycles. The summed E-state index contributed by atoms with van der Waals surface area (Å²) in [6.07, 6.45) is 2.74. The summed E-state index contributed by atoms with van der Waals surface area (Å²) in [6, 6.07) is 9.78. The molecule has 0 amide bonds. The Kier molecular flexibility index (Phi) is 3.85. The molecule has 1 N–H and O–H groups in total. The predicted molar refractivity (Wildman–Crippen MR) is 67.2 cm³/mol. The topological polar surface area (TPSA) is 95.7 Å². The molecule has 0 saturated heterocycles. The molecule has 96 valence electrons. The maximum atomic E-state index is 11.9. The van der Waals surface area contributed by atoms with E-state index in [0.29, 0.717) is 5.69 Å². The molecule has 0 aromatic carbocycles. The smallest absolute Gasteiger partial charge is 0.242 e. The Morgan fingerprint density at radius 2 is 2.05 bits per heavy atom. The molecule has 0 aliphatic heterocycles. The Balaban J connectivity index is 2.12. The highest BCUT2D eigenvalue weighted by Gasteiger charge is 2.14. The lowest BCUT2D eigenvalue weighted by Gasteiger charge is -2.05. The largest absolute Gasteiger partial charge is 0.260 e. The summed E-state index contributed by atoms with van der Waals surface area (Å²) in [5, 5.41) is 8.60. The number of hydrogen-bond acceptors (Lipinski definition) is 5. The van der Waals surface area contributed by atoms with Gasteiger partial charge < -0.3 is 0 Å². The average molecular weight is 274 g/mol. The van der Waals surface area contributed by atoms with Crippen LogP contribution in [0.3, 0.4) is 0 Å². The predicted octanol–water partition coefficient (Wildman–Crippen LogP) is 0.827. The minimum atomic E-state index is -3.65. The van der Waals surface area contributed by atoms with Gasteiger partial charge in [0.25, 0.3) is 0 Å². The number of sulfonamides is 1. The van der Waals surface area contributed by atoms with E-state index in [9.17, 15) is 8.42 Å². The Morgan fingerprint density at radius 3 is 2.63 bits per heavy atom. The van der Waals surface area contributed by atoms with Crippen molar-refractivity contribution < 1.29 is 8.42 Å². The van der Waals surface area contributed by atoms with Crippen LogP contribution in [-0.4, -0.2) is 18.4 Å². The third kappa shape index (κ3) is 3.34. The molecule has 6 nitrogen and oxygen atoms in total. The second kappa shape index (κ2) is 5.56. The van der Waals surface area contributed by atoms with Gasteiger partial charge in [0, 0.05) is 12.4 Å². The van der Waals surface area contributed by atoms with Crippen molar-refractivity contribution in [3.63, 3.8) is 0 Å². The van der Waals surface area contributed by atoms with Gasteiger partial charge in [-0.3, -0.25) is 4.98 Å². The van der Waals surface area contributed by atoms with Crippen LogP contribution >= 0.6 is 0 Å². The summed E-state index contributed by atoms with van der Waals surface area (Å²) in [7, 11) is -3.65. The van der Waals surface area contributed by atoms with Gasteiger partial charge in [-0.1, -0.05) is 6.07 Å². The average Bonchev–Trinajstić information content (AvgIpc) is 2.46. The standard InChI is InChI=1S/C12H10N4O2S/c13-7-10-4-5-12(9-15-10)19(17,18)16-8-11-3-1-2-6-14-11/h1-6,9,16H,8H2. The van der Waals surface area contributed by atoms with Crippen molar-refractivity contribution in [3.05, 3.63) is 54.1 Å². The van der Waals surface area contributed by atoms with Crippen molar-refractivity contribution >= 4 is 10.0 Å². The molecular weight excluding hydrogens is 264 g/mol. The quantitative estimate of drug-likeness (QED) is 0.890. The van der Waals surface area contributed by atoms with Crippen LogP contribution in [-0.2, 0) is 16.6 Å². The van der Waals surface area contributed by atoms with Gasteiger partial charge in [-0.2, -0.15) is 5.26 Å². The molecule has 19 heavy (non-hydrogen) atoms. The maximum Gasteiger partial charge on any atom is 0.242 e. The lowest BCUT2D eigenvalue weighted by atomic mass is 10.4. The highest BCUT2D eigenvalue weighted by molar-refractivity contribution is 7.89. The summed E-state index contributed by atoms with van der Waals surface area (Å²) in [5.74, 6) is 0. The fourth-order valence-corrected chi connectivity index (χ4v) is 2.30. The van der Waals surface area contributed by atoms with Gasteiger partial charge in [0.1, 0.15) is 16.7 Å². The van der Waals surface area contributed by atoms with E-state index in [2.05, 4.69) is 14.7 Å². The van der Waals surface area contributed by atoms with Gasteiger partial charge in [0.15, 0.2) is 0 Å². The third-order valence-corrected chi connectivity index (χ3v) is 3.72. The molecular formula is C12H10N4O2S. The molecule has 2 aromatic rings. The fraction of sp³-hybridized carbons (Fsp3) is 0.0833. The normalized spacial score (nSPS) is 10.9. The Bertz CT molecular complexity index is 691. The molecule has 0 unspecified atom stereocenters. The van der Waals surface area contributed by atoms with Crippen LogP contribution in [0.4, 0.5) is 0 Å². The first-order valence-electron chi connectivity index (χ1n) is 5.37. The van der Waals surface area contributed by atoms with Crippen LogP contribution < -0.4 is 4.72 Å². The van der Waals surface area contributed by atoms with Crippen molar-refractivity contribution in [1.82, 2.24) is 14.7 Å². The highest BCUT2D eigenvalue weighted by Crippen LogP contribution is 2.08. The number of nitrogens with one attached hydrogen (secondary N) is 1. The second-order valence-electron chi connectivity index (χ2n) is 3.64. The number of hydrogen-bond donors (Lipinski definition) is 1. The summed E-state index contributed by atoms with van der Waals surface area (Å²) in [6.45, 7) is 0.100. The van der Waals surface area contributed by atoms with Crippen molar-refractivity contribution in [1.29, 1.82) is 5.26 Å². The Labute approximate surface area is 110 Å². The van der Waals surface area contributed by atoms with E-state index >= 15 is 0 Å². The van der Waals surface area contributed by atoms with Gasteiger partial charge >= 0.3 is 0 Å². The van der Waals surface area contributed by atoms with E-state index in [1.165, 1.54) is 12.1 Å². The molecule has 2 rings (SSSR count). The van der Waals surface area contributed by atoms with Crippen LogP contribution in [0.1, 0.15) is 11.4 Å². The molecule has 2 heterocycles. The van der Waals surface area contributed by atoms with Gasteiger partial charge in [-0.25, -0.2) is 18.1 Å². The zero-order valence-corrected chi connectivity index (χ0v) is 10.6.